The minimum Gasteiger partial charge on any atom is -0.351 e. The van der Waals surface area contributed by atoms with Crippen LogP contribution in [-0.2, 0) is 7.05 Å². The monoisotopic (exact) mass is 427 g/mol. The molecule has 0 bridgehead atoms. The number of aryl methyl sites for hydroxylation is 1. The quantitative estimate of drug-likeness (QED) is 0.761. The van der Waals surface area contributed by atoms with Crippen molar-refractivity contribution < 1.29 is 0 Å². The van der Waals surface area contributed by atoms with Gasteiger partial charge in [-0.15, -0.1) is 0 Å². The summed E-state index contributed by atoms with van der Waals surface area (Å²) in [4.78, 5) is 22.3. The van der Waals surface area contributed by atoms with E-state index in [1.807, 2.05) is 18.2 Å². The number of nitrogens with zero attached hydrogens (tertiary/aromatic N) is 3. The molecule has 0 atom stereocenters. The number of rotatable bonds is 3. The summed E-state index contributed by atoms with van der Waals surface area (Å²) >= 11 is 6.37. The van der Waals surface area contributed by atoms with Gasteiger partial charge in [0.2, 0.25) is 5.95 Å². The molecule has 2 aromatic heterocycles. The molecule has 30 heavy (non-hydrogen) atoms. The van der Waals surface area contributed by atoms with Crippen LogP contribution in [0.3, 0.4) is 0 Å². The Morgan fingerprint density at radius 2 is 1.83 bits per heavy atom. The molecule has 2 aliphatic rings. The van der Waals surface area contributed by atoms with Gasteiger partial charge in [0.05, 0.1) is 0 Å². The van der Waals surface area contributed by atoms with Gasteiger partial charge in [-0.2, -0.15) is 4.98 Å². The molecule has 0 radical (unpaired) electrons. The Labute approximate surface area is 182 Å². The summed E-state index contributed by atoms with van der Waals surface area (Å²) in [6.45, 7) is 8.87. The molecule has 1 fully saturated rings. The smallest absolute Gasteiger partial charge is 0.259 e. The SMILES string of the molecule is Cn1c(=O)c(C2=CCCC=C2Cl)cc2cnc(NC3CC(C)(C)NC(C)(C)C3)nc21. The number of allylic oxidation sites excluding steroid dienone is 4. The Kier molecular flexibility index (Phi) is 5.27. The highest BCUT2D eigenvalue weighted by Crippen LogP contribution is 2.31. The first-order valence-corrected chi connectivity index (χ1v) is 10.9. The zero-order valence-corrected chi connectivity index (χ0v) is 19.1. The van der Waals surface area contributed by atoms with Gasteiger partial charge in [-0.3, -0.25) is 9.36 Å². The molecule has 2 aromatic rings. The van der Waals surface area contributed by atoms with Crippen molar-refractivity contribution in [3.63, 3.8) is 0 Å². The van der Waals surface area contributed by atoms with Gasteiger partial charge >= 0.3 is 0 Å². The summed E-state index contributed by atoms with van der Waals surface area (Å²) in [7, 11) is 1.75. The van der Waals surface area contributed by atoms with Crippen LogP contribution in [0.15, 0.2) is 34.2 Å². The highest BCUT2D eigenvalue weighted by Gasteiger charge is 2.37. The van der Waals surface area contributed by atoms with E-state index >= 15 is 0 Å². The molecule has 0 saturated carbocycles. The second-order valence-corrected chi connectivity index (χ2v) is 10.2. The van der Waals surface area contributed by atoms with E-state index < -0.39 is 0 Å². The van der Waals surface area contributed by atoms with Gasteiger partial charge in [-0.25, -0.2) is 4.98 Å². The normalized spacial score (nSPS) is 21.3. The Morgan fingerprint density at radius 1 is 1.17 bits per heavy atom. The summed E-state index contributed by atoms with van der Waals surface area (Å²) in [5.74, 6) is 0.554. The van der Waals surface area contributed by atoms with Crippen molar-refractivity contribution in [3.05, 3.63) is 45.4 Å². The lowest BCUT2D eigenvalue weighted by atomic mass is 9.80. The van der Waals surface area contributed by atoms with E-state index in [1.165, 1.54) is 0 Å². The van der Waals surface area contributed by atoms with Crippen LogP contribution in [0.25, 0.3) is 16.6 Å². The third-order valence-corrected chi connectivity index (χ3v) is 6.22. The third-order valence-electron chi connectivity index (χ3n) is 5.86. The first-order chi connectivity index (χ1) is 14.0. The number of fused-ring (bicyclic) bond motifs is 1. The number of hydrogen-bond donors (Lipinski definition) is 2. The van der Waals surface area contributed by atoms with E-state index in [2.05, 4.69) is 48.3 Å². The van der Waals surface area contributed by atoms with Gasteiger partial charge in [0.25, 0.3) is 5.56 Å². The third kappa shape index (κ3) is 4.16. The van der Waals surface area contributed by atoms with E-state index in [4.69, 9.17) is 11.6 Å². The van der Waals surface area contributed by atoms with Crippen LogP contribution in [0.2, 0.25) is 0 Å². The van der Waals surface area contributed by atoms with Crippen LogP contribution in [-0.4, -0.2) is 31.7 Å². The largest absolute Gasteiger partial charge is 0.351 e. The summed E-state index contributed by atoms with van der Waals surface area (Å²) in [5.41, 5.74) is 1.96. The fraction of sp³-hybridized carbons (Fsp3) is 0.522. The highest BCUT2D eigenvalue weighted by molar-refractivity contribution is 6.37. The summed E-state index contributed by atoms with van der Waals surface area (Å²) in [6.07, 6.45) is 9.50. The topological polar surface area (TPSA) is 71.8 Å². The highest BCUT2D eigenvalue weighted by atomic mass is 35.5. The number of halogens is 1. The van der Waals surface area contributed by atoms with Gasteiger partial charge in [0.15, 0.2) is 0 Å². The number of aromatic nitrogens is 3. The molecule has 3 heterocycles. The number of nitrogens with one attached hydrogen (secondary N) is 2. The molecule has 1 saturated heterocycles. The minimum atomic E-state index is -0.101. The van der Waals surface area contributed by atoms with Crippen molar-refractivity contribution in [2.45, 2.75) is 70.5 Å². The lowest BCUT2D eigenvalue weighted by Crippen LogP contribution is -2.60. The Balaban J connectivity index is 1.68. The van der Waals surface area contributed by atoms with E-state index in [-0.39, 0.29) is 22.7 Å². The van der Waals surface area contributed by atoms with Crippen LogP contribution in [0.1, 0.15) is 58.9 Å². The lowest BCUT2D eigenvalue weighted by Gasteiger charge is -2.46. The lowest BCUT2D eigenvalue weighted by molar-refractivity contribution is 0.170. The first kappa shape index (κ1) is 21.1. The second kappa shape index (κ2) is 7.50. The number of hydrogen-bond acceptors (Lipinski definition) is 5. The molecule has 2 N–H and O–H groups in total. The Bertz CT molecular complexity index is 1100. The predicted octanol–water partition coefficient (Wildman–Crippen LogP) is 4.35. The van der Waals surface area contributed by atoms with E-state index in [0.29, 0.717) is 22.2 Å². The Morgan fingerprint density at radius 3 is 2.50 bits per heavy atom. The standard InChI is InChI=1S/C23H30ClN5O/c1-22(2)11-15(12-23(3,4)28-22)26-21-25-13-14-10-17(16-8-6-7-9-18(16)24)20(30)29(5)19(14)27-21/h8-10,13,15,28H,6-7,11-12H2,1-5H3,(H,25,26,27). The van der Waals surface area contributed by atoms with E-state index in [0.717, 1.165) is 36.6 Å². The molecule has 4 rings (SSSR count). The average molecular weight is 428 g/mol. The van der Waals surface area contributed by atoms with Gasteiger partial charge in [-0.05, 0) is 59.4 Å². The van der Waals surface area contributed by atoms with Gasteiger partial charge in [-0.1, -0.05) is 23.8 Å². The van der Waals surface area contributed by atoms with Crippen LogP contribution in [0.5, 0.6) is 0 Å². The van der Waals surface area contributed by atoms with Crippen LogP contribution in [0, 0.1) is 0 Å². The van der Waals surface area contributed by atoms with E-state index in [9.17, 15) is 4.79 Å². The van der Waals surface area contributed by atoms with Crippen LogP contribution < -0.4 is 16.2 Å². The van der Waals surface area contributed by atoms with Crippen molar-refractivity contribution in [2.75, 3.05) is 5.32 Å². The zero-order chi connectivity index (χ0) is 21.7. The minimum absolute atomic E-state index is 0.0263. The molecule has 1 aliphatic carbocycles. The van der Waals surface area contributed by atoms with Crippen LogP contribution in [0.4, 0.5) is 5.95 Å². The maximum absolute atomic E-state index is 13.0. The van der Waals surface area contributed by atoms with E-state index in [1.54, 1.807) is 17.8 Å². The molecule has 0 unspecified atom stereocenters. The molecule has 6 nitrogen and oxygen atoms in total. The van der Waals surface area contributed by atoms with Crippen LogP contribution >= 0.6 is 11.6 Å². The molecular weight excluding hydrogens is 398 g/mol. The molecule has 160 valence electrons. The first-order valence-electron chi connectivity index (χ1n) is 10.5. The second-order valence-electron chi connectivity index (χ2n) is 9.78. The fourth-order valence-electron chi connectivity index (χ4n) is 5.00. The molecule has 7 heteroatoms. The predicted molar refractivity (Wildman–Crippen MR) is 124 cm³/mol. The number of piperidine rings is 1. The van der Waals surface area contributed by atoms with Gasteiger partial charge in [0.1, 0.15) is 5.65 Å². The molecule has 1 aliphatic heterocycles. The molecule has 0 spiro atoms. The zero-order valence-electron chi connectivity index (χ0n) is 18.3. The van der Waals surface area contributed by atoms with Gasteiger partial charge < -0.3 is 10.6 Å². The molecule has 0 amide bonds. The average Bonchev–Trinajstić information content (AvgIpc) is 2.63. The number of pyridine rings is 1. The summed E-state index contributed by atoms with van der Waals surface area (Å²) < 4.78 is 1.59. The Hall–Kier alpha value is -2.18. The summed E-state index contributed by atoms with van der Waals surface area (Å²) in [5, 5.41) is 8.64. The number of anilines is 1. The van der Waals surface area contributed by atoms with Crippen molar-refractivity contribution in [3.8, 4) is 0 Å². The van der Waals surface area contributed by atoms with Crippen molar-refractivity contribution in [1.29, 1.82) is 0 Å². The fourth-order valence-corrected chi connectivity index (χ4v) is 5.29. The van der Waals surface area contributed by atoms with Crippen molar-refractivity contribution in [2.24, 2.45) is 7.05 Å². The van der Waals surface area contributed by atoms with Gasteiger partial charge in [0, 0.05) is 51.9 Å². The molecule has 0 aromatic carbocycles. The summed E-state index contributed by atoms with van der Waals surface area (Å²) in [6, 6.07) is 2.10. The maximum atomic E-state index is 13.0. The van der Waals surface area contributed by atoms with Crippen molar-refractivity contribution in [1.82, 2.24) is 19.9 Å². The van der Waals surface area contributed by atoms with Crippen molar-refractivity contribution >= 4 is 34.2 Å². The maximum Gasteiger partial charge on any atom is 0.259 e. The molecular formula is C23H30ClN5O.